The predicted octanol–water partition coefficient (Wildman–Crippen LogP) is 4.27. The van der Waals surface area contributed by atoms with E-state index in [1.165, 1.54) is 56.0 Å². The molecule has 622 valence electrons. The molecule has 8 aromatic rings. The Morgan fingerprint density at radius 1 is 0.534 bits per heavy atom. The maximum absolute atomic E-state index is 13.3. The molecule has 0 aliphatic carbocycles. The van der Waals surface area contributed by atoms with Gasteiger partial charge in [-0.1, -0.05) is 65.7 Å². The number of aromatic nitrogens is 5. The van der Waals surface area contributed by atoms with Crippen molar-refractivity contribution in [1.29, 1.82) is 0 Å². The molecule has 42 heteroatoms. The van der Waals surface area contributed by atoms with Gasteiger partial charge in [-0.05, 0) is 148 Å². The molecule has 0 radical (unpaired) electrons. The number of carbonyl (C=O) groups is 9. The summed E-state index contributed by atoms with van der Waals surface area (Å²) >= 11 is 15.3. The van der Waals surface area contributed by atoms with E-state index in [1.54, 1.807) is 89.2 Å². The van der Waals surface area contributed by atoms with Crippen molar-refractivity contribution in [2.75, 3.05) is 52.4 Å². The number of thiazole rings is 3. The van der Waals surface area contributed by atoms with Crippen LogP contribution in [0.4, 0.5) is 0 Å². The number of pyridine rings is 1. The molecule has 34 nitrogen and oxygen atoms in total. The number of ketones is 3. The van der Waals surface area contributed by atoms with Gasteiger partial charge in [-0.25, -0.2) is 41.2 Å². The van der Waals surface area contributed by atoms with Gasteiger partial charge in [-0.15, -0.1) is 34.0 Å². The minimum Gasteiger partial charge on any atom is -0.370 e. The molecule has 3 fully saturated rings. The van der Waals surface area contributed by atoms with Gasteiger partial charge in [-0.3, -0.25) is 53.1 Å². The van der Waals surface area contributed by atoms with Crippen molar-refractivity contribution >= 4 is 157 Å². The van der Waals surface area contributed by atoms with Crippen LogP contribution in [-0.4, -0.2) is 212 Å². The number of nitrogens with one attached hydrogen (secondary N) is 8. The summed E-state index contributed by atoms with van der Waals surface area (Å²) in [5, 5.41) is 16.0. The lowest BCUT2D eigenvalue weighted by atomic mass is 10.0. The van der Waals surface area contributed by atoms with E-state index >= 15 is 0 Å². The molecule has 0 spiro atoms. The number of nitrogens with two attached hydrogens (primary N) is 3. The highest BCUT2D eigenvalue weighted by molar-refractivity contribution is 7.89. The highest BCUT2D eigenvalue weighted by atomic mass is 35.5. The van der Waals surface area contributed by atoms with E-state index in [2.05, 4.69) is 64.8 Å². The Kier molecular flexibility index (Phi) is 34.5. The number of Topliss-reactive ketones (excluding diaryl/α,β-unsaturated/α-hetero) is 3. The van der Waals surface area contributed by atoms with Crippen molar-refractivity contribution in [3.05, 3.63) is 186 Å². The van der Waals surface area contributed by atoms with Crippen LogP contribution >= 0.6 is 57.2 Å². The molecule has 11 rings (SSSR count). The minimum atomic E-state index is -4.00. The second kappa shape index (κ2) is 44.2. The number of aromatic amines is 1. The van der Waals surface area contributed by atoms with Gasteiger partial charge < -0.3 is 52.8 Å². The van der Waals surface area contributed by atoms with Crippen LogP contribution in [0.5, 0.6) is 0 Å². The standard InChI is InChI=1S/C28H28ClN5O5S2.C23H30ClN5O5S2.C23H33N9O5S2/c29-20-9-7-18(8-10-20)17-41(38,39)33-23-6-3-12-34(28(23)37)16-25(35)32-24(26(36)27-30-11-13-40-27)14-19-15-31-22-5-2-1-4-21(19)22;24-17-8-6-16(7-9-17)15-36(33,34)28-19-5-3-12-29(23(19)32)14-20(30)27-18(4-1-2-10-25)21(31)22-26-11-13-35-22;24-23(25)28-8-3-5-17(20(34)21-27-11-13-38-21)30-19(33)15-32-12-2-1-4-18(22(32)35)31-39(36,37)29-14-16-6-9-26-10-7-16/h1-2,4-5,7-11,13,15,23-24,31,33H,3,6,12,14,16-17H2,(H,32,35);6-9,11,13,18-19,28H,1-5,10,12,14-15,25H2,(H,27,30);6-7,9-11,13,17-18,29,31H,1-5,8,12,14-15H2,(H,30,33)(H4,24,25,28)/t23-,24-;18-,19-;17-,18-/m000/s1. The Hall–Kier alpha value is -9.43. The second-order valence-corrected chi connectivity index (χ2v) is 35.9. The summed E-state index contributed by atoms with van der Waals surface area (Å²) in [6, 6.07) is 18.3. The lowest BCUT2D eigenvalue weighted by Gasteiger charge is -2.32. The third-order valence-electron chi connectivity index (χ3n) is 18.4. The monoisotopic (exact) mass is 1750 g/mol. The smallest absolute Gasteiger partial charge is 0.277 e. The van der Waals surface area contributed by atoms with Crippen molar-refractivity contribution in [1.82, 2.24) is 74.5 Å². The molecule has 6 atom stereocenters. The van der Waals surface area contributed by atoms with E-state index < -0.39 is 102 Å². The second-order valence-electron chi connectivity index (χ2n) is 27.3. The summed E-state index contributed by atoms with van der Waals surface area (Å²) in [4.78, 5) is 144. The number of H-pyrrole nitrogens is 1. The Balaban J connectivity index is 0.000000199. The number of fused-ring (bicyclic) bond motifs is 1. The third-order valence-corrected chi connectivity index (χ3v) is 25.1. The first kappa shape index (κ1) is 90.5. The van der Waals surface area contributed by atoms with Gasteiger partial charge >= 0.3 is 0 Å². The molecule has 6 amide bonds. The molecule has 0 unspecified atom stereocenters. The highest BCUT2D eigenvalue weighted by Gasteiger charge is 2.38. The Morgan fingerprint density at radius 2 is 0.974 bits per heavy atom. The van der Waals surface area contributed by atoms with Crippen LogP contribution in [0.3, 0.4) is 0 Å². The van der Waals surface area contributed by atoms with E-state index in [-0.39, 0.29) is 96.9 Å². The normalized spacial score (nSPS) is 16.8. The fourth-order valence-corrected chi connectivity index (χ4v) is 18.7. The molecule has 116 heavy (non-hydrogen) atoms. The molecule has 0 saturated carbocycles. The molecule has 3 aromatic carbocycles. The molecule has 5 aromatic heterocycles. The number of aliphatic imine (C=N–C) groups is 1. The van der Waals surface area contributed by atoms with Crippen molar-refractivity contribution in [3.8, 4) is 0 Å². The summed E-state index contributed by atoms with van der Waals surface area (Å²) in [6.45, 7) is 0.793. The molecule has 14 N–H and O–H groups in total. The molecular weight excluding hydrogens is 1660 g/mol. The first-order chi connectivity index (χ1) is 55.5. The van der Waals surface area contributed by atoms with E-state index in [0.29, 0.717) is 122 Å². The average Bonchev–Trinajstić information content (AvgIpc) is 1.44. The SMILES string of the molecule is NC(N)=NCCC[C@H](NC(=O)CN1CCCC[C@H](NS(=O)(=O)NCc2ccncc2)C1=O)C(=O)c1nccs1.NCCCC[C@H](NC(=O)CN1CCC[C@H](NS(=O)(=O)Cc2ccc(Cl)cc2)C1=O)C(=O)c1nccs1.O=C(CN1CCC[C@H](NS(=O)(=O)Cc2ccc(Cl)cc2)C1=O)N[C@@H](Cc1c[nH]c2ccccc12)C(=O)c1nccs1. The lowest BCUT2D eigenvalue weighted by molar-refractivity contribution is -0.139. The number of benzene rings is 3. The van der Waals surface area contributed by atoms with E-state index in [0.717, 1.165) is 27.8 Å². The maximum Gasteiger partial charge on any atom is 0.277 e. The number of rotatable bonds is 38. The fourth-order valence-electron chi connectivity index (χ4n) is 12.8. The van der Waals surface area contributed by atoms with Crippen LogP contribution in [0.25, 0.3) is 10.9 Å². The third kappa shape index (κ3) is 28.7. The maximum atomic E-state index is 13.3. The van der Waals surface area contributed by atoms with Crippen molar-refractivity contribution in [2.45, 2.75) is 138 Å². The Bertz CT molecular complexity index is 5010. The predicted molar refractivity (Wildman–Crippen MR) is 441 cm³/mol. The Labute approximate surface area is 693 Å². The lowest BCUT2D eigenvalue weighted by Crippen LogP contribution is -2.55. The zero-order valence-corrected chi connectivity index (χ0v) is 69.3. The number of para-hydroxylation sites is 1. The number of piperidine rings is 2. The number of halogens is 2. The number of likely N-dealkylation sites (tertiary alicyclic amines) is 3. The summed E-state index contributed by atoms with van der Waals surface area (Å²) in [5.74, 6) is -4.63. The number of amides is 6. The van der Waals surface area contributed by atoms with Crippen LogP contribution in [0.2, 0.25) is 10.0 Å². The van der Waals surface area contributed by atoms with Gasteiger partial charge in [-0.2, -0.15) is 17.9 Å². The Morgan fingerprint density at radius 3 is 1.44 bits per heavy atom. The van der Waals surface area contributed by atoms with Gasteiger partial charge in [0.05, 0.1) is 49.3 Å². The molecule has 0 bridgehead atoms. The number of nitrogens with zero attached hydrogens (tertiary/aromatic N) is 8. The number of carbonyl (C=O) groups excluding carboxylic acids is 9. The molecule has 3 aliphatic heterocycles. The van der Waals surface area contributed by atoms with Crippen LogP contribution in [0.1, 0.15) is 129 Å². The van der Waals surface area contributed by atoms with Gasteiger partial charge in [0.15, 0.2) is 21.0 Å². The molecular formula is C74H91Cl2N19O15S6. The minimum absolute atomic E-state index is 0.0303. The van der Waals surface area contributed by atoms with Crippen molar-refractivity contribution in [3.63, 3.8) is 0 Å². The van der Waals surface area contributed by atoms with Gasteiger partial charge in [0, 0.05) is 113 Å². The molecule has 8 heterocycles. The number of sulfonamides is 2. The molecule has 3 saturated heterocycles. The molecule has 3 aliphatic rings. The zero-order valence-electron chi connectivity index (χ0n) is 62.9. The van der Waals surface area contributed by atoms with E-state index in [9.17, 15) is 68.4 Å². The summed E-state index contributed by atoms with van der Waals surface area (Å²) < 4.78 is 85.8. The first-order valence-corrected chi connectivity index (χ1v) is 45.2. The fraction of sp³-hybridized carbons (Fsp3) is 0.405. The first-order valence-electron chi connectivity index (χ1n) is 37.0. The number of unbranched alkanes of at least 4 members (excludes halogenated alkanes) is 1. The largest absolute Gasteiger partial charge is 0.370 e. The summed E-state index contributed by atoms with van der Waals surface area (Å²) in [6.07, 6.45) is 15.4. The van der Waals surface area contributed by atoms with Crippen LogP contribution in [-0.2, 0) is 83.5 Å². The zero-order chi connectivity index (χ0) is 83.4. The van der Waals surface area contributed by atoms with Gasteiger partial charge in [0.1, 0.15) is 18.1 Å². The highest BCUT2D eigenvalue weighted by Crippen LogP contribution is 2.24. The quantitative estimate of drug-likeness (QED) is 0.0111. The topological polar surface area (TPSA) is 508 Å². The van der Waals surface area contributed by atoms with Gasteiger partial charge in [0.2, 0.25) is 72.8 Å². The van der Waals surface area contributed by atoms with E-state index in [1.807, 2.05) is 30.5 Å². The van der Waals surface area contributed by atoms with Crippen LogP contribution < -0.4 is 52.0 Å². The summed E-state index contributed by atoms with van der Waals surface area (Å²) in [7, 11) is -11.6. The number of guanidine groups is 1. The van der Waals surface area contributed by atoms with E-state index in [4.69, 9.17) is 40.4 Å². The average molecular weight is 1750 g/mol. The van der Waals surface area contributed by atoms with Crippen molar-refractivity contribution in [2.24, 2.45) is 22.2 Å². The van der Waals surface area contributed by atoms with Crippen LogP contribution in [0, 0.1) is 0 Å². The van der Waals surface area contributed by atoms with Crippen molar-refractivity contribution < 1.29 is 68.4 Å². The van der Waals surface area contributed by atoms with Crippen LogP contribution in [0.15, 0.2) is 143 Å². The van der Waals surface area contributed by atoms with Gasteiger partial charge in [0.25, 0.3) is 10.2 Å². The number of hydrogen-bond acceptors (Lipinski definition) is 24. The summed E-state index contributed by atoms with van der Waals surface area (Å²) in [5.41, 5.74) is 19.8. The number of hydrogen-bond donors (Lipinski definition) is 11.